The summed E-state index contributed by atoms with van der Waals surface area (Å²) in [5.41, 5.74) is 3.88. The van der Waals surface area contributed by atoms with Crippen molar-refractivity contribution in [1.29, 1.82) is 0 Å². The Hall–Kier alpha value is -2.63. The average Bonchev–Trinajstić information content (AvgIpc) is 3.41. The molecule has 0 bridgehead atoms. The Bertz CT molecular complexity index is 1260. The smallest absolute Gasteiger partial charge is 0.141 e. The average molecular weight is 461 g/mol. The quantitative estimate of drug-likeness (QED) is 0.388. The van der Waals surface area contributed by atoms with Gasteiger partial charge in [-0.3, -0.25) is 0 Å². The molecule has 1 aliphatic heterocycles. The number of hydrogen-bond acceptors (Lipinski definition) is 5. The van der Waals surface area contributed by atoms with Gasteiger partial charge < -0.3 is 9.80 Å². The van der Waals surface area contributed by atoms with E-state index in [9.17, 15) is 0 Å². The van der Waals surface area contributed by atoms with Gasteiger partial charge in [-0.05, 0) is 42.5 Å². The first kappa shape index (κ1) is 20.0. The van der Waals surface area contributed by atoms with Crippen molar-refractivity contribution in [3.05, 3.63) is 81.4 Å². The van der Waals surface area contributed by atoms with Crippen LogP contribution in [0.1, 0.15) is 28.2 Å². The van der Waals surface area contributed by atoms with Crippen molar-refractivity contribution < 1.29 is 0 Å². The Balaban J connectivity index is 1.34. The monoisotopic (exact) mass is 460 g/mol. The fourth-order valence-corrected chi connectivity index (χ4v) is 6.50. The molecule has 1 saturated heterocycles. The molecule has 1 aliphatic carbocycles. The lowest BCUT2D eigenvalue weighted by atomic mass is 10.1. The van der Waals surface area contributed by atoms with Gasteiger partial charge in [-0.25, -0.2) is 9.97 Å². The third-order valence-corrected chi connectivity index (χ3v) is 8.07. The zero-order valence-electron chi connectivity index (χ0n) is 17.9. The first-order chi connectivity index (χ1) is 15.8. The molecule has 0 N–H and O–H groups in total. The maximum atomic E-state index is 6.46. The lowest BCUT2D eigenvalue weighted by molar-refractivity contribution is 0.647. The third kappa shape index (κ3) is 3.63. The Morgan fingerprint density at radius 1 is 0.844 bits per heavy atom. The summed E-state index contributed by atoms with van der Waals surface area (Å²) in [7, 11) is 0. The number of thiophene rings is 1. The Morgan fingerprint density at radius 3 is 2.41 bits per heavy atom. The molecule has 32 heavy (non-hydrogen) atoms. The lowest BCUT2D eigenvalue weighted by Gasteiger charge is -2.37. The highest BCUT2D eigenvalue weighted by Gasteiger charge is 2.27. The number of piperazine rings is 1. The number of anilines is 2. The normalized spacial score (nSPS) is 16.0. The molecule has 0 amide bonds. The Morgan fingerprint density at radius 2 is 1.59 bits per heavy atom. The van der Waals surface area contributed by atoms with E-state index in [-0.39, 0.29) is 0 Å². The molecule has 0 radical (unpaired) electrons. The molecule has 3 heterocycles. The van der Waals surface area contributed by atoms with Crippen LogP contribution in [0, 0.1) is 0 Å². The SMILES string of the molecule is Clc1ccccc1N1CCN(c2nc(Cc3ccccc3)nc3sc4c(c23)CCC4)CC1. The van der Waals surface area contributed by atoms with Crippen LogP contribution in [0.2, 0.25) is 5.02 Å². The zero-order valence-corrected chi connectivity index (χ0v) is 19.5. The summed E-state index contributed by atoms with van der Waals surface area (Å²) in [5, 5.41) is 2.14. The van der Waals surface area contributed by atoms with Crippen molar-refractivity contribution in [2.24, 2.45) is 0 Å². The molecule has 0 saturated carbocycles. The maximum absolute atomic E-state index is 6.46. The Labute approximate surface area is 197 Å². The van der Waals surface area contributed by atoms with Gasteiger partial charge in [0.1, 0.15) is 16.5 Å². The van der Waals surface area contributed by atoms with Gasteiger partial charge >= 0.3 is 0 Å². The number of aromatic nitrogens is 2. The number of aryl methyl sites for hydroxylation is 2. The molecule has 1 fully saturated rings. The minimum absolute atomic E-state index is 0.770. The van der Waals surface area contributed by atoms with E-state index in [4.69, 9.17) is 21.6 Å². The molecule has 0 unspecified atom stereocenters. The van der Waals surface area contributed by atoms with E-state index in [1.807, 2.05) is 23.5 Å². The number of rotatable bonds is 4. The summed E-state index contributed by atoms with van der Waals surface area (Å²) in [6.07, 6.45) is 4.36. The van der Waals surface area contributed by atoms with Gasteiger partial charge in [0, 0.05) is 37.5 Å². The number of fused-ring (bicyclic) bond motifs is 3. The van der Waals surface area contributed by atoms with Crippen LogP contribution in [0.15, 0.2) is 54.6 Å². The molecule has 2 aliphatic rings. The van der Waals surface area contributed by atoms with Crippen LogP contribution in [0.5, 0.6) is 0 Å². The summed E-state index contributed by atoms with van der Waals surface area (Å²) in [5.74, 6) is 2.06. The van der Waals surface area contributed by atoms with Crippen LogP contribution in [-0.4, -0.2) is 36.1 Å². The van der Waals surface area contributed by atoms with E-state index in [1.54, 1.807) is 0 Å². The van der Waals surface area contributed by atoms with Crippen LogP contribution in [-0.2, 0) is 19.3 Å². The predicted octanol–water partition coefficient (Wildman–Crippen LogP) is 5.75. The number of nitrogens with zero attached hydrogens (tertiary/aromatic N) is 4. The number of halogens is 1. The highest BCUT2D eigenvalue weighted by Crippen LogP contribution is 2.41. The van der Waals surface area contributed by atoms with Gasteiger partial charge in [0.15, 0.2) is 0 Å². The predicted molar refractivity (Wildman–Crippen MR) is 135 cm³/mol. The van der Waals surface area contributed by atoms with Crippen LogP contribution < -0.4 is 9.80 Å². The maximum Gasteiger partial charge on any atom is 0.141 e. The summed E-state index contributed by atoms with van der Waals surface area (Å²) in [4.78, 5) is 17.7. The van der Waals surface area contributed by atoms with Crippen molar-refractivity contribution in [3.8, 4) is 0 Å². The fraction of sp³-hybridized carbons (Fsp3) is 0.308. The molecule has 4 nitrogen and oxygen atoms in total. The highest BCUT2D eigenvalue weighted by molar-refractivity contribution is 7.19. The summed E-state index contributed by atoms with van der Waals surface area (Å²) in [6.45, 7) is 3.75. The van der Waals surface area contributed by atoms with Crippen molar-refractivity contribution in [3.63, 3.8) is 0 Å². The van der Waals surface area contributed by atoms with Gasteiger partial charge in [0.05, 0.1) is 16.1 Å². The zero-order chi connectivity index (χ0) is 21.5. The second kappa shape index (κ2) is 8.38. The van der Waals surface area contributed by atoms with Gasteiger partial charge in [-0.2, -0.15) is 0 Å². The summed E-state index contributed by atoms with van der Waals surface area (Å²) in [6, 6.07) is 18.7. The molecule has 4 aromatic rings. The second-order valence-electron chi connectivity index (χ2n) is 8.59. The van der Waals surface area contributed by atoms with Gasteiger partial charge in [-0.15, -0.1) is 11.3 Å². The Kier molecular flexibility index (Phi) is 5.24. The fourth-order valence-electron chi connectivity index (χ4n) is 4.97. The number of benzene rings is 2. The molecule has 162 valence electrons. The molecular formula is C26H25ClN4S. The summed E-state index contributed by atoms with van der Waals surface area (Å²) < 4.78 is 0. The first-order valence-corrected chi connectivity index (χ1v) is 12.6. The molecule has 2 aromatic heterocycles. The largest absolute Gasteiger partial charge is 0.367 e. The van der Waals surface area contributed by atoms with Crippen LogP contribution in [0.4, 0.5) is 11.5 Å². The van der Waals surface area contributed by atoms with E-state index >= 15 is 0 Å². The molecule has 6 rings (SSSR count). The van der Waals surface area contributed by atoms with E-state index in [2.05, 4.69) is 52.3 Å². The minimum atomic E-state index is 0.770. The van der Waals surface area contributed by atoms with Gasteiger partial charge in [0.2, 0.25) is 0 Å². The molecule has 0 atom stereocenters. The van der Waals surface area contributed by atoms with Crippen molar-refractivity contribution >= 4 is 44.7 Å². The second-order valence-corrected chi connectivity index (χ2v) is 10.1. The number of hydrogen-bond donors (Lipinski definition) is 0. The van der Waals surface area contributed by atoms with Gasteiger partial charge in [0.25, 0.3) is 0 Å². The van der Waals surface area contributed by atoms with E-state index in [0.717, 1.165) is 61.4 Å². The third-order valence-electron chi connectivity index (χ3n) is 6.57. The molecule has 6 heteroatoms. The molecular weight excluding hydrogens is 436 g/mol. The van der Waals surface area contributed by atoms with Crippen LogP contribution in [0.25, 0.3) is 10.2 Å². The number of para-hydroxylation sites is 1. The molecule has 2 aromatic carbocycles. The summed E-state index contributed by atoms with van der Waals surface area (Å²) >= 11 is 8.34. The van der Waals surface area contributed by atoms with E-state index < -0.39 is 0 Å². The van der Waals surface area contributed by atoms with Crippen LogP contribution in [0.3, 0.4) is 0 Å². The van der Waals surface area contributed by atoms with Crippen LogP contribution >= 0.6 is 22.9 Å². The van der Waals surface area contributed by atoms with Crippen molar-refractivity contribution in [2.75, 3.05) is 36.0 Å². The van der Waals surface area contributed by atoms with E-state index in [1.165, 1.54) is 39.1 Å². The first-order valence-electron chi connectivity index (χ1n) is 11.4. The standard InChI is InChI=1S/C26H25ClN4S/c27-20-10-4-5-11-21(20)30-13-15-31(16-14-30)25-24-19-9-6-12-22(19)32-26(24)29-23(28-25)17-18-7-2-1-3-8-18/h1-5,7-8,10-11H,6,9,12-17H2. The van der Waals surface area contributed by atoms with Gasteiger partial charge in [-0.1, -0.05) is 54.1 Å². The van der Waals surface area contributed by atoms with E-state index in [0.29, 0.717) is 0 Å². The van der Waals surface area contributed by atoms with Crippen molar-refractivity contribution in [2.45, 2.75) is 25.7 Å². The molecule has 0 spiro atoms. The lowest BCUT2D eigenvalue weighted by Crippen LogP contribution is -2.47. The topological polar surface area (TPSA) is 32.3 Å². The van der Waals surface area contributed by atoms with Crippen molar-refractivity contribution in [1.82, 2.24) is 9.97 Å². The minimum Gasteiger partial charge on any atom is -0.367 e. The highest BCUT2D eigenvalue weighted by atomic mass is 35.5.